The number of aliphatic imine (C=N–C) groups is 1. The van der Waals surface area contributed by atoms with Gasteiger partial charge >= 0.3 is 0 Å². The Balaban J connectivity index is 0.00000261. The molecule has 3 rings (SSSR count). The SMILES string of the molecule is CCNC(=NCC1CCCN1C)N1CCC(COCc2ccccc2)C1.I. The van der Waals surface area contributed by atoms with E-state index in [0.717, 1.165) is 38.7 Å². The third-order valence-corrected chi connectivity index (χ3v) is 5.51. The van der Waals surface area contributed by atoms with Crippen LogP contribution in [0, 0.1) is 5.92 Å². The van der Waals surface area contributed by atoms with Gasteiger partial charge in [-0.05, 0) is 45.3 Å². The van der Waals surface area contributed by atoms with Crippen molar-refractivity contribution in [3.05, 3.63) is 35.9 Å². The molecule has 0 spiro atoms. The highest BCUT2D eigenvalue weighted by atomic mass is 127. The standard InChI is InChI=1S/C21H34N4O.HI/c1-3-22-21(23-14-20-10-7-12-24(20)2)25-13-11-19(15-25)17-26-16-18-8-5-4-6-9-18;/h4-6,8-9,19-20H,3,7,10-17H2,1-2H3,(H,22,23);1H. The maximum Gasteiger partial charge on any atom is 0.193 e. The zero-order valence-electron chi connectivity index (χ0n) is 16.8. The lowest BCUT2D eigenvalue weighted by Crippen LogP contribution is -2.41. The Bertz CT molecular complexity index is 569. The summed E-state index contributed by atoms with van der Waals surface area (Å²) in [6, 6.07) is 11.0. The van der Waals surface area contributed by atoms with E-state index in [1.54, 1.807) is 0 Å². The summed E-state index contributed by atoms with van der Waals surface area (Å²) in [6.07, 6.45) is 3.76. The molecule has 152 valence electrons. The molecular formula is C21H35IN4O. The van der Waals surface area contributed by atoms with Gasteiger partial charge in [0, 0.05) is 31.6 Å². The molecule has 2 saturated heterocycles. The van der Waals surface area contributed by atoms with Gasteiger partial charge in [-0.1, -0.05) is 30.3 Å². The van der Waals surface area contributed by atoms with Crippen molar-refractivity contribution in [2.45, 2.75) is 38.8 Å². The van der Waals surface area contributed by atoms with Crippen molar-refractivity contribution in [1.82, 2.24) is 15.1 Å². The molecule has 27 heavy (non-hydrogen) atoms. The summed E-state index contributed by atoms with van der Waals surface area (Å²) in [5.41, 5.74) is 1.25. The molecule has 0 radical (unpaired) electrons. The van der Waals surface area contributed by atoms with Crippen LogP contribution in [0.4, 0.5) is 0 Å². The van der Waals surface area contributed by atoms with Gasteiger partial charge in [0.2, 0.25) is 0 Å². The highest BCUT2D eigenvalue weighted by Crippen LogP contribution is 2.19. The predicted molar refractivity (Wildman–Crippen MR) is 123 cm³/mol. The number of nitrogens with zero attached hydrogens (tertiary/aromatic N) is 3. The fraction of sp³-hybridized carbons (Fsp3) is 0.667. The quantitative estimate of drug-likeness (QED) is 0.365. The van der Waals surface area contributed by atoms with Crippen molar-refractivity contribution >= 4 is 29.9 Å². The molecule has 2 unspecified atom stereocenters. The Hall–Kier alpha value is -0.860. The minimum absolute atomic E-state index is 0. The van der Waals surface area contributed by atoms with E-state index in [0.29, 0.717) is 18.6 Å². The van der Waals surface area contributed by atoms with Gasteiger partial charge < -0.3 is 19.9 Å². The first-order valence-electron chi connectivity index (χ1n) is 10.1. The molecule has 0 aromatic heterocycles. The number of rotatable bonds is 7. The van der Waals surface area contributed by atoms with E-state index in [1.807, 2.05) is 6.07 Å². The molecule has 1 N–H and O–H groups in total. The van der Waals surface area contributed by atoms with Crippen molar-refractivity contribution in [2.75, 3.05) is 46.4 Å². The molecule has 2 aliphatic rings. The van der Waals surface area contributed by atoms with Crippen molar-refractivity contribution < 1.29 is 4.74 Å². The maximum atomic E-state index is 5.95. The fourth-order valence-electron chi connectivity index (χ4n) is 3.91. The Morgan fingerprint density at radius 2 is 2.04 bits per heavy atom. The first-order valence-corrected chi connectivity index (χ1v) is 10.1. The Morgan fingerprint density at radius 1 is 1.22 bits per heavy atom. The van der Waals surface area contributed by atoms with Gasteiger partial charge in [0.05, 0.1) is 19.8 Å². The average Bonchev–Trinajstić information content (AvgIpc) is 3.29. The van der Waals surface area contributed by atoms with Crippen molar-refractivity contribution in [3.8, 4) is 0 Å². The number of hydrogen-bond donors (Lipinski definition) is 1. The van der Waals surface area contributed by atoms with E-state index >= 15 is 0 Å². The number of hydrogen-bond acceptors (Lipinski definition) is 3. The van der Waals surface area contributed by atoms with Crippen LogP contribution in [0.15, 0.2) is 35.3 Å². The first kappa shape index (κ1) is 22.4. The summed E-state index contributed by atoms with van der Waals surface area (Å²) in [7, 11) is 2.22. The number of ether oxygens (including phenoxy) is 1. The van der Waals surface area contributed by atoms with Gasteiger partial charge in [-0.2, -0.15) is 0 Å². The largest absolute Gasteiger partial charge is 0.376 e. The summed E-state index contributed by atoms with van der Waals surface area (Å²) in [6.45, 7) is 8.84. The van der Waals surface area contributed by atoms with E-state index < -0.39 is 0 Å². The van der Waals surface area contributed by atoms with E-state index in [-0.39, 0.29) is 24.0 Å². The van der Waals surface area contributed by atoms with Crippen LogP contribution in [0.5, 0.6) is 0 Å². The van der Waals surface area contributed by atoms with Crippen molar-refractivity contribution in [1.29, 1.82) is 0 Å². The summed E-state index contributed by atoms with van der Waals surface area (Å²) in [4.78, 5) is 9.79. The average molecular weight is 486 g/mol. The lowest BCUT2D eigenvalue weighted by Gasteiger charge is -2.23. The Labute approximate surface area is 181 Å². The molecule has 0 aliphatic carbocycles. The van der Waals surface area contributed by atoms with Gasteiger partial charge in [-0.15, -0.1) is 24.0 Å². The number of guanidine groups is 1. The maximum absolute atomic E-state index is 5.95. The summed E-state index contributed by atoms with van der Waals surface area (Å²) in [5.74, 6) is 1.68. The van der Waals surface area contributed by atoms with Crippen molar-refractivity contribution in [3.63, 3.8) is 0 Å². The van der Waals surface area contributed by atoms with E-state index in [2.05, 4.69) is 53.4 Å². The molecule has 1 aromatic carbocycles. The number of benzene rings is 1. The molecule has 2 atom stereocenters. The van der Waals surface area contributed by atoms with E-state index in [4.69, 9.17) is 9.73 Å². The number of likely N-dealkylation sites (tertiary alicyclic amines) is 2. The van der Waals surface area contributed by atoms with Crippen LogP contribution in [-0.2, 0) is 11.3 Å². The highest BCUT2D eigenvalue weighted by Gasteiger charge is 2.26. The van der Waals surface area contributed by atoms with E-state index in [9.17, 15) is 0 Å². The Morgan fingerprint density at radius 3 is 2.74 bits per heavy atom. The lowest BCUT2D eigenvalue weighted by atomic mass is 10.1. The number of halogens is 1. The normalized spacial score (nSPS) is 23.5. The molecule has 2 heterocycles. The van der Waals surface area contributed by atoms with Gasteiger partial charge in [0.1, 0.15) is 0 Å². The predicted octanol–water partition coefficient (Wildman–Crippen LogP) is 3.20. The van der Waals surface area contributed by atoms with Gasteiger partial charge in [-0.3, -0.25) is 4.99 Å². The minimum Gasteiger partial charge on any atom is -0.376 e. The van der Waals surface area contributed by atoms with Crippen LogP contribution in [0.2, 0.25) is 0 Å². The van der Waals surface area contributed by atoms with Crippen molar-refractivity contribution in [2.24, 2.45) is 10.9 Å². The third kappa shape index (κ3) is 6.91. The number of likely N-dealkylation sites (N-methyl/N-ethyl adjacent to an activating group) is 1. The summed E-state index contributed by atoms with van der Waals surface area (Å²) >= 11 is 0. The zero-order valence-corrected chi connectivity index (χ0v) is 19.1. The smallest absolute Gasteiger partial charge is 0.193 e. The molecule has 0 saturated carbocycles. The summed E-state index contributed by atoms with van der Waals surface area (Å²) < 4.78 is 5.95. The molecule has 5 nitrogen and oxygen atoms in total. The molecule has 0 bridgehead atoms. The van der Waals surface area contributed by atoms with Crippen LogP contribution in [0.1, 0.15) is 31.7 Å². The molecule has 6 heteroatoms. The van der Waals surface area contributed by atoms with Crippen LogP contribution in [0.3, 0.4) is 0 Å². The van der Waals surface area contributed by atoms with Crippen LogP contribution in [-0.4, -0.2) is 68.2 Å². The minimum atomic E-state index is 0. The number of nitrogens with one attached hydrogen (secondary N) is 1. The fourth-order valence-corrected chi connectivity index (χ4v) is 3.91. The third-order valence-electron chi connectivity index (χ3n) is 5.51. The van der Waals surface area contributed by atoms with Gasteiger partial charge in [0.25, 0.3) is 0 Å². The Kier molecular flexibility index (Phi) is 9.86. The van der Waals surface area contributed by atoms with Gasteiger partial charge in [-0.25, -0.2) is 0 Å². The van der Waals surface area contributed by atoms with Crippen LogP contribution in [0.25, 0.3) is 0 Å². The van der Waals surface area contributed by atoms with Gasteiger partial charge in [0.15, 0.2) is 5.96 Å². The molecule has 2 fully saturated rings. The second kappa shape index (κ2) is 11.9. The molecule has 2 aliphatic heterocycles. The first-order chi connectivity index (χ1) is 12.8. The molecule has 0 amide bonds. The molecule has 1 aromatic rings. The zero-order chi connectivity index (χ0) is 18.2. The lowest BCUT2D eigenvalue weighted by molar-refractivity contribution is 0.0906. The second-order valence-corrected chi connectivity index (χ2v) is 7.57. The summed E-state index contributed by atoms with van der Waals surface area (Å²) in [5, 5.41) is 3.48. The highest BCUT2D eigenvalue weighted by molar-refractivity contribution is 14.0. The molecular weight excluding hydrogens is 451 g/mol. The van der Waals surface area contributed by atoms with Crippen LogP contribution < -0.4 is 5.32 Å². The van der Waals surface area contributed by atoms with Crippen LogP contribution >= 0.6 is 24.0 Å². The topological polar surface area (TPSA) is 40.1 Å². The monoisotopic (exact) mass is 486 g/mol. The van der Waals surface area contributed by atoms with E-state index in [1.165, 1.54) is 31.4 Å². The second-order valence-electron chi connectivity index (χ2n) is 7.57.